The minimum Gasteiger partial charge on any atom is -0.488 e. The lowest BCUT2D eigenvalue weighted by atomic mass is 9.98. The molecule has 1 saturated carbocycles. The summed E-state index contributed by atoms with van der Waals surface area (Å²) in [6, 6.07) is 3.63. The van der Waals surface area contributed by atoms with Crippen LogP contribution < -0.4 is 25.4 Å². The molecule has 13 heteroatoms. The third-order valence-electron chi connectivity index (χ3n) is 6.17. The number of anilines is 2. The molecule has 3 N–H and O–H groups in total. The van der Waals surface area contributed by atoms with Gasteiger partial charge in [-0.1, -0.05) is 0 Å². The lowest BCUT2D eigenvalue weighted by Gasteiger charge is -2.32. The summed E-state index contributed by atoms with van der Waals surface area (Å²) in [4.78, 5) is 30.9. The number of alkyl halides is 2. The van der Waals surface area contributed by atoms with E-state index in [-0.39, 0.29) is 30.0 Å². The lowest BCUT2D eigenvalue weighted by Crippen LogP contribution is -2.37. The maximum Gasteiger partial charge on any atom is 0.319 e. The zero-order valence-electron chi connectivity index (χ0n) is 19.9. The minimum atomic E-state index is -3.06. The average molecular weight is 503 g/mol. The fourth-order valence-corrected chi connectivity index (χ4v) is 3.70. The van der Waals surface area contributed by atoms with E-state index in [0.717, 1.165) is 32.6 Å². The molecule has 192 valence electrons. The second kappa shape index (κ2) is 10.4. The molecule has 2 aromatic rings. The van der Waals surface area contributed by atoms with Crippen LogP contribution in [0.15, 0.2) is 18.6 Å². The van der Waals surface area contributed by atoms with Crippen molar-refractivity contribution in [3.8, 4) is 17.8 Å². The summed E-state index contributed by atoms with van der Waals surface area (Å²) in [7, 11) is 0. The number of amides is 1. The van der Waals surface area contributed by atoms with E-state index in [9.17, 15) is 18.8 Å². The second-order valence-corrected chi connectivity index (χ2v) is 9.34. The standard InChI is InChI=1S/C23H28F2N8O3/c1-22(24,25)12-29-20(34)16-8-18(32-21(31-16)36-13-23(11-26)4-5-23)33-6-2-15(3-7-33)10-35-17-9-28-14-30-19(17)27/h8-9,14-15H,2-7,10,12-13H2,1H3,(H,29,34)(H2,27,28,30). The van der Waals surface area contributed by atoms with Crippen LogP contribution in [0.5, 0.6) is 11.8 Å². The van der Waals surface area contributed by atoms with Crippen LogP contribution in [0.2, 0.25) is 0 Å². The molecule has 1 aliphatic carbocycles. The van der Waals surface area contributed by atoms with Gasteiger partial charge in [0.15, 0.2) is 11.6 Å². The zero-order valence-corrected chi connectivity index (χ0v) is 19.9. The van der Waals surface area contributed by atoms with Crippen molar-refractivity contribution in [1.29, 1.82) is 5.26 Å². The highest BCUT2D eigenvalue weighted by molar-refractivity contribution is 5.93. The van der Waals surface area contributed by atoms with Crippen LogP contribution in [0.1, 0.15) is 43.1 Å². The Kier molecular flexibility index (Phi) is 7.32. The van der Waals surface area contributed by atoms with Gasteiger partial charge in [-0.2, -0.15) is 15.2 Å². The molecular formula is C23H28F2N8O3. The Labute approximate surface area is 207 Å². The Morgan fingerprint density at radius 2 is 2.08 bits per heavy atom. The van der Waals surface area contributed by atoms with Crippen molar-refractivity contribution in [2.45, 2.75) is 38.5 Å². The van der Waals surface area contributed by atoms with E-state index in [4.69, 9.17) is 15.2 Å². The molecule has 0 spiro atoms. The second-order valence-electron chi connectivity index (χ2n) is 9.34. The molecule has 2 aromatic heterocycles. The molecule has 3 heterocycles. The van der Waals surface area contributed by atoms with Crippen LogP contribution in [0.4, 0.5) is 20.4 Å². The molecule has 4 rings (SSSR count). The monoisotopic (exact) mass is 502 g/mol. The summed E-state index contributed by atoms with van der Waals surface area (Å²) in [6.07, 6.45) is 5.90. The van der Waals surface area contributed by atoms with Crippen LogP contribution >= 0.6 is 0 Å². The molecule has 0 unspecified atom stereocenters. The highest BCUT2D eigenvalue weighted by Gasteiger charge is 2.44. The fraction of sp³-hybridized carbons (Fsp3) is 0.565. The topological polar surface area (TPSA) is 152 Å². The largest absolute Gasteiger partial charge is 0.488 e. The predicted octanol–water partition coefficient (Wildman–Crippen LogP) is 2.21. The van der Waals surface area contributed by atoms with Crippen LogP contribution in [-0.4, -0.2) is 64.6 Å². The van der Waals surface area contributed by atoms with Crippen molar-refractivity contribution in [3.63, 3.8) is 0 Å². The Morgan fingerprint density at radius 1 is 1.33 bits per heavy atom. The van der Waals surface area contributed by atoms with E-state index in [0.29, 0.717) is 31.3 Å². The number of piperidine rings is 1. The normalized spacial score (nSPS) is 17.2. The molecule has 36 heavy (non-hydrogen) atoms. The molecule has 0 radical (unpaired) electrons. The number of halogens is 2. The Bertz CT molecular complexity index is 1130. The van der Waals surface area contributed by atoms with E-state index in [1.165, 1.54) is 18.6 Å². The lowest BCUT2D eigenvalue weighted by molar-refractivity contribution is 0.0220. The van der Waals surface area contributed by atoms with Gasteiger partial charge >= 0.3 is 6.01 Å². The van der Waals surface area contributed by atoms with Gasteiger partial charge in [-0.15, -0.1) is 0 Å². The average Bonchev–Trinajstić information content (AvgIpc) is 3.66. The maximum absolute atomic E-state index is 13.2. The zero-order chi connectivity index (χ0) is 25.8. The van der Waals surface area contributed by atoms with Gasteiger partial charge < -0.3 is 25.4 Å². The van der Waals surface area contributed by atoms with Gasteiger partial charge in [-0.3, -0.25) is 4.79 Å². The maximum atomic E-state index is 13.2. The third-order valence-corrected chi connectivity index (χ3v) is 6.17. The first kappa shape index (κ1) is 25.3. The van der Waals surface area contributed by atoms with Crippen LogP contribution in [0.25, 0.3) is 0 Å². The van der Waals surface area contributed by atoms with Crippen molar-refractivity contribution in [2.75, 3.05) is 43.5 Å². The Morgan fingerprint density at radius 3 is 2.72 bits per heavy atom. The summed E-state index contributed by atoms with van der Waals surface area (Å²) >= 11 is 0. The summed E-state index contributed by atoms with van der Waals surface area (Å²) in [5, 5.41) is 11.5. The summed E-state index contributed by atoms with van der Waals surface area (Å²) < 4.78 is 37.9. The molecular weight excluding hydrogens is 474 g/mol. The molecule has 11 nitrogen and oxygen atoms in total. The van der Waals surface area contributed by atoms with E-state index in [1.54, 1.807) is 0 Å². The van der Waals surface area contributed by atoms with Crippen LogP contribution in [0, 0.1) is 22.7 Å². The van der Waals surface area contributed by atoms with E-state index in [1.807, 2.05) is 4.90 Å². The first-order chi connectivity index (χ1) is 17.2. The quantitative estimate of drug-likeness (QED) is 0.494. The number of carbonyl (C=O) groups is 1. The van der Waals surface area contributed by atoms with Crippen molar-refractivity contribution >= 4 is 17.5 Å². The molecule has 0 bridgehead atoms. The number of carbonyl (C=O) groups excluding carboxylic acids is 1. The molecule has 0 aromatic carbocycles. The van der Waals surface area contributed by atoms with Gasteiger partial charge in [0.2, 0.25) is 0 Å². The summed E-state index contributed by atoms with van der Waals surface area (Å²) in [5.74, 6) is -2.37. The van der Waals surface area contributed by atoms with Crippen molar-refractivity contribution in [1.82, 2.24) is 25.3 Å². The number of nitrogens with one attached hydrogen (secondary N) is 1. The number of nitrogens with two attached hydrogens (primary N) is 1. The van der Waals surface area contributed by atoms with Crippen LogP contribution in [0.3, 0.4) is 0 Å². The predicted molar refractivity (Wildman–Crippen MR) is 125 cm³/mol. The molecule has 1 amide bonds. The first-order valence-corrected chi connectivity index (χ1v) is 11.7. The molecule has 0 atom stereocenters. The summed E-state index contributed by atoms with van der Waals surface area (Å²) in [5.41, 5.74) is 5.16. The minimum absolute atomic E-state index is 0.0626. The number of aromatic nitrogens is 4. The third kappa shape index (κ3) is 6.65. The van der Waals surface area contributed by atoms with Crippen molar-refractivity contribution in [3.05, 3.63) is 24.3 Å². The molecule has 2 fully saturated rings. The van der Waals surface area contributed by atoms with Crippen LogP contribution in [-0.2, 0) is 0 Å². The van der Waals surface area contributed by atoms with Gasteiger partial charge in [-0.25, -0.2) is 18.7 Å². The van der Waals surface area contributed by atoms with Gasteiger partial charge in [0.25, 0.3) is 11.8 Å². The SMILES string of the molecule is CC(F)(F)CNC(=O)c1cc(N2CCC(COc3cncnc3N)CC2)nc(OCC2(C#N)CC2)n1. The van der Waals surface area contributed by atoms with Gasteiger partial charge in [0.05, 0.1) is 30.8 Å². The van der Waals surface area contributed by atoms with E-state index in [2.05, 4.69) is 31.3 Å². The molecule has 1 saturated heterocycles. The van der Waals surface area contributed by atoms with Gasteiger partial charge in [-0.05, 0) is 31.6 Å². The van der Waals surface area contributed by atoms with Gasteiger partial charge in [0, 0.05) is 26.1 Å². The number of nitriles is 1. The Balaban J connectivity index is 1.42. The summed E-state index contributed by atoms with van der Waals surface area (Å²) in [6.45, 7) is 1.72. The highest BCUT2D eigenvalue weighted by Crippen LogP contribution is 2.44. The number of rotatable bonds is 10. The van der Waals surface area contributed by atoms with E-state index < -0.39 is 23.8 Å². The number of ether oxygens (including phenoxy) is 2. The van der Waals surface area contributed by atoms with Crippen molar-refractivity contribution in [2.24, 2.45) is 11.3 Å². The number of nitrogen functional groups attached to an aromatic ring is 1. The number of hydrogen-bond donors (Lipinski definition) is 2. The molecule has 2 aliphatic rings. The van der Waals surface area contributed by atoms with E-state index >= 15 is 0 Å². The molecule has 1 aliphatic heterocycles. The van der Waals surface area contributed by atoms with Crippen molar-refractivity contribution < 1.29 is 23.0 Å². The first-order valence-electron chi connectivity index (χ1n) is 11.7. The fourth-order valence-electron chi connectivity index (χ4n) is 3.70. The highest BCUT2D eigenvalue weighted by atomic mass is 19.3. The number of hydrogen-bond acceptors (Lipinski definition) is 10. The van der Waals surface area contributed by atoms with Gasteiger partial charge in [0.1, 0.15) is 24.4 Å². The number of nitrogens with zero attached hydrogens (tertiary/aromatic N) is 6. The Hall–Kier alpha value is -3.82. The smallest absolute Gasteiger partial charge is 0.319 e.